The van der Waals surface area contributed by atoms with Crippen molar-refractivity contribution < 1.29 is 62.1 Å². The molecule has 0 bridgehead atoms. The van der Waals surface area contributed by atoms with Crippen LogP contribution in [0.3, 0.4) is 0 Å². The van der Waals surface area contributed by atoms with Crippen molar-refractivity contribution in [2.75, 3.05) is 13.1 Å². The standard InChI is InChI=1S/C14H23N5O8.C2HF3O2/c15-9(20)3-1-7(13(24)25)18-11(22)5-17-6-12(23)19-8(14(26)27)2-4-10(16)21;3-2(4,5)1(6)7/h7-8,17H,1-6H2,(H2,15,20)(H2,16,21)(H,18,22)(H,19,23)(H,24,25)(H,26,27);(H,6,7)/t7-,8-;/m0./s1. The van der Waals surface area contributed by atoms with E-state index >= 15 is 0 Å². The van der Waals surface area contributed by atoms with Crippen molar-refractivity contribution in [3.63, 3.8) is 0 Å². The van der Waals surface area contributed by atoms with Gasteiger partial charge in [0.1, 0.15) is 12.1 Å². The highest BCUT2D eigenvalue weighted by atomic mass is 19.4. The Morgan fingerprint density at radius 2 is 1.00 bits per heavy atom. The van der Waals surface area contributed by atoms with Crippen molar-refractivity contribution in [2.45, 2.75) is 43.9 Å². The van der Waals surface area contributed by atoms with Crippen LogP contribution in [0.1, 0.15) is 25.7 Å². The number of carbonyl (C=O) groups excluding carboxylic acids is 4. The fraction of sp³-hybridized carbons (Fsp3) is 0.562. The minimum Gasteiger partial charge on any atom is -0.480 e. The zero-order chi connectivity index (χ0) is 27.1. The third kappa shape index (κ3) is 17.7. The van der Waals surface area contributed by atoms with Crippen molar-refractivity contribution >= 4 is 41.5 Å². The number of halogens is 3. The number of alkyl halides is 3. The Balaban J connectivity index is 0. The molecule has 0 rings (SSSR count). The Kier molecular flexibility index (Phi) is 15.0. The van der Waals surface area contributed by atoms with Crippen LogP contribution in [0.2, 0.25) is 0 Å². The molecule has 0 aliphatic heterocycles. The van der Waals surface area contributed by atoms with Crippen molar-refractivity contribution in [1.29, 1.82) is 0 Å². The average Bonchev–Trinajstić information content (AvgIpc) is 2.67. The lowest BCUT2D eigenvalue weighted by molar-refractivity contribution is -0.192. The van der Waals surface area contributed by atoms with Crippen LogP contribution in [-0.2, 0) is 33.6 Å². The Morgan fingerprint density at radius 3 is 1.21 bits per heavy atom. The Labute approximate surface area is 189 Å². The molecule has 34 heavy (non-hydrogen) atoms. The van der Waals surface area contributed by atoms with Crippen LogP contribution in [0.25, 0.3) is 0 Å². The summed E-state index contributed by atoms with van der Waals surface area (Å²) in [7, 11) is 0. The zero-order valence-electron chi connectivity index (χ0n) is 17.4. The number of carbonyl (C=O) groups is 7. The third-order valence-electron chi connectivity index (χ3n) is 3.44. The van der Waals surface area contributed by atoms with Gasteiger partial charge in [0.05, 0.1) is 13.1 Å². The van der Waals surface area contributed by atoms with Crippen molar-refractivity contribution in [2.24, 2.45) is 11.5 Å². The second-order valence-corrected chi connectivity index (χ2v) is 6.33. The van der Waals surface area contributed by atoms with Crippen LogP contribution in [0, 0.1) is 0 Å². The summed E-state index contributed by atoms with van der Waals surface area (Å²) in [5.74, 6) is -8.37. The number of carboxylic acid groups (broad SMARTS) is 3. The molecule has 0 radical (unpaired) electrons. The van der Waals surface area contributed by atoms with Gasteiger partial charge in [-0.1, -0.05) is 0 Å². The number of aliphatic carboxylic acids is 3. The maximum absolute atomic E-state index is 11.7. The number of hydrogen-bond acceptors (Lipinski definition) is 8. The molecule has 0 aromatic heterocycles. The number of primary amides is 2. The molecule has 0 unspecified atom stereocenters. The normalized spacial score (nSPS) is 12.2. The first-order chi connectivity index (χ1) is 15.5. The second kappa shape index (κ2) is 15.8. The van der Waals surface area contributed by atoms with Crippen molar-refractivity contribution in [3.05, 3.63) is 0 Å². The zero-order valence-corrected chi connectivity index (χ0v) is 17.4. The topological polar surface area (TPSA) is 268 Å². The lowest BCUT2D eigenvalue weighted by Crippen LogP contribution is -2.48. The molecule has 0 spiro atoms. The van der Waals surface area contributed by atoms with E-state index in [-0.39, 0.29) is 25.7 Å². The number of nitrogens with two attached hydrogens (primary N) is 2. The minimum absolute atomic E-state index is 0.183. The summed E-state index contributed by atoms with van der Waals surface area (Å²) in [6.07, 6.45) is -5.90. The Bertz CT molecular complexity index is 725. The van der Waals surface area contributed by atoms with Gasteiger partial charge >= 0.3 is 24.1 Å². The quantitative estimate of drug-likeness (QED) is 0.117. The Morgan fingerprint density at radius 1 is 0.706 bits per heavy atom. The van der Waals surface area contributed by atoms with Gasteiger partial charge in [0.15, 0.2) is 0 Å². The van der Waals surface area contributed by atoms with Gasteiger partial charge in [-0.15, -0.1) is 0 Å². The van der Waals surface area contributed by atoms with Crippen LogP contribution < -0.4 is 27.4 Å². The number of nitrogens with one attached hydrogen (secondary N) is 3. The smallest absolute Gasteiger partial charge is 0.480 e. The van der Waals surface area contributed by atoms with Crippen LogP contribution >= 0.6 is 0 Å². The van der Waals surface area contributed by atoms with Crippen LogP contribution in [0.4, 0.5) is 13.2 Å². The largest absolute Gasteiger partial charge is 0.490 e. The molecule has 15 nitrogen and oxygen atoms in total. The summed E-state index contributed by atoms with van der Waals surface area (Å²) >= 11 is 0. The first-order valence-electron chi connectivity index (χ1n) is 9.09. The van der Waals surface area contributed by atoms with Gasteiger partial charge in [0.2, 0.25) is 23.6 Å². The molecule has 4 amide bonds. The lowest BCUT2D eigenvalue weighted by atomic mass is 10.1. The predicted molar refractivity (Wildman–Crippen MR) is 103 cm³/mol. The molecule has 0 aromatic carbocycles. The van der Waals surface area contributed by atoms with Gasteiger partial charge in [0, 0.05) is 12.8 Å². The van der Waals surface area contributed by atoms with Gasteiger partial charge < -0.3 is 37.4 Å². The van der Waals surface area contributed by atoms with E-state index in [1.54, 1.807) is 0 Å². The molecule has 0 aliphatic rings. The summed E-state index contributed by atoms with van der Waals surface area (Å²) in [4.78, 5) is 75.5. The first kappa shape index (κ1) is 32.2. The fourth-order valence-corrected chi connectivity index (χ4v) is 1.87. The highest BCUT2D eigenvalue weighted by molar-refractivity contribution is 5.87. The molecule has 0 heterocycles. The van der Waals surface area contributed by atoms with E-state index < -0.39 is 72.9 Å². The van der Waals surface area contributed by atoms with Crippen molar-refractivity contribution in [3.8, 4) is 0 Å². The van der Waals surface area contributed by atoms with Gasteiger partial charge in [-0.25, -0.2) is 14.4 Å². The molecule has 0 aliphatic carbocycles. The summed E-state index contributed by atoms with van der Waals surface area (Å²) in [5, 5.41) is 31.7. The van der Waals surface area contributed by atoms with E-state index in [0.29, 0.717) is 0 Å². The number of amides is 4. The number of rotatable bonds is 14. The molecule has 194 valence electrons. The van der Waals surface area contributed by atoms with Crippen LogP contribution in [0.15, 0.2) is 0 Å². The maximum Gasteiger partial charge on any atom is 0.490 e. The Hall–Kier alpha value is -3.96. The second-order valence-electron chi connectivity index (χ2n) is 6.33. The van der Waals surface area contributed by atoms with E-state index in [1.807, 2.05) is 0 Å². The maximum atomic E-state index is 11.7. The summed E-state index contributed by atoms with van der Waals surface area (Å²) < 4.78 is 31.7. The van der Waals surface area contributed by atoms with E-state index in [2.05, 4.69) is 16.0 Å². The molecule has 0 saturated carbocycles. The average molecular weight is 503 g/mol. The molecule has 18 heteroatoms. The molecular weight excluding hydrogens is 479 g/mol. The highest BCUT2D eigenvalue weighted by Gasteiger charge is 2.38. The number of hydrogen-bond donors (Lipinski definition) is 8. The monoisotopic (exact) mass is 503 g/mol. The predicted octanol–water partition coefficient (Wildman–Crippen LogP) is -3.12. The summed E-state index contributed by atoms with van der Waals surface area (Å²) in [5.41, 5.74) is 9.83. The molecule has 0 fully saturated rings. The van der Waals surface area contributed by atoms with E-state index in [1.165, 1.54) is 0 Å². The summed E-state index contributed by atoms with van der Waals surface area (Å²) in [6.45, 7) is -0.848. The van der Waals surface area contributed by atoms with Crippen molar-refractivity contribution in [1.82, 2.24) is 16.0 Å². The van der Waals surface area contributed by atoms with Crippen LogP contribution in [-0.4, -0.2) is 88.2 Å². The van der Waals surface area contributed by atoms with Gasteiger partial charge in [-0.05, 0) is 12.8 Å². The summed E-state index contributed by atoms with van der Waals surface area (Å²) in [6, 6.07) is -2.63. The lowest BCUT2D eigenvalue weighted by Gasteiger charge is -2.15. The fourth-order valence-electron chi connectivity index (χ4n) is 1.87. The molecule has 2 atom stereocenters. The number of carboxylic acids is 3. The SMILES string of the molecule is NC(=O)CC[C@H](NC(=O)CNCC(=O)N[C@@H](CCC(N)=O)C(=O)O)C(=O)O.O=C(O)C(F)(F)F. The molecule has 0 saturated heterocycles. The van der Waals surface area contributed by atoms with E-state index in [0.717, 1.165) is 0 Å². The van der Waals surface area contributed by atoms with Crippen LogP contribution in [0.5, 0.6) is 0 Å². The third-order valence-corrected chi connectivity index (χ3v) is 3.44. The van der Waals surface area contributed by atoms with Gasteiger partial charge in [0.25, 0.3) is 0 Å². The minimum atomic E-state index is -5.08. The van der Waals surface area contributed by atoms with Gasteiger partial charge in [-0.2, -0.15) is 13.2 Å². The highest BCUT2D eigenvalue weighted by Crippen LogP contribution is 2.13. The molecule has 0 aromatic rings. The molecular formula is C16H24F3N5O10. The molecule has 10 N–H and O–H groups in total. The van der Waals surface area contributed by atoms with E-state index in [4.69, 9.17) is 31.6 Å². The first-order valence-corrected chi connectivity index (χ1v) is 9.09. The van der Waals surface area contributed by atoms with Gasteiger partial charge in [-0.3, -0.25) is 24.5 Å². The van der Waals surface area contributed by atoms with E-state index in [9.17, 15) is 41.9 Å².